The number of fused-ring (bicyclic) bond motifs is 5. The van der Waals surface area contributed by atoms with Crippen molar-refractivity contribution in [1.29, 1.82) is 0 Å². The number of benzene rings is 2. The van der Waals surface area contributed by atoms with E-state index in [1.165, 1.54) is 21.6 Å². The molecule has 0 saturated heterocycles. The fourth-order valence-corrected chi connectivity index (χ4v) is 8.72. The van der Waals surface area contributed by atoms with Gasteiger partial charge in [-0.2, -0.15) is 0 Å². The number of carbonyl (C=O) groups excluding carboxylic acids is 6. The molecule has 3 aliphatic rings. The summed E-state index contributed by atoms with van der Waals surface area (Å²) in [6.07, 6.45) is 2.48. The molecule has 0 bridgehead atoms. The second-order valence-corrected chi connectivity index (χ2v) is 15.9. The molecule has 0 unspecified atom stereocenters. The Labute approximate surface area is 355 Å². The number of amides is 5. The monoisotopic (exact) mass is 852 g/mol. The zero-order valence-corrected chi connectivity index (χ0v) is 34.3. The molecule has 326 valence electrons. The minimum absolute atomic E-state index is 0.0223. The highest BCUT2D eigenvalue weighted by molar-refractivity contribution is 5.94. The number of aromatic nitrogens is 2. The standard InChI is InChI=1S/C44H49FN8O9/c1-2-44(61)29-18-33-40-27(21-53(33)41(58)28(29)23-62-43(44)60)39-30(13-12-25-16-26(45)17-31(51-40)38(25)39)49-35(55)11-7-4-8-14-52(22-34(47)54)42(59)32(15-24-9-5-3-6-10-24)50-37(57)20-48-36(56)19-46/h3,5-6,9-10,16-18,30,32,61H,2,4,7-8,11-15,19-23,46H2,1H3,(H2,47,54)(H,48,56)(H,49,55)(H,50,57)/t30-,32-,44-/m0/s1. The lowest BCUT2D eigenvalue weighted by molar-refractivity contribution is -0.172. The van der Waals surface area contributed by atoms with E-state index >= 15 is 0 Å². The quantitative estimate of drug-likeness (QED) is 0.0568. The lowest BCUT2D eigenvalue weighted by Crippen LogP contribution is -2.53. The lowest BCUT2D eigenvalue weighted by atomic mass is 9.83. The molecule has 0 spiro atoms. The average molecular weight is 853 g/mol. The molecule has 1 aliphatic carbocycles. The van der Waals surface area contributed by atoms with Gasteiger partial charge in [0.05, 0.1) is 54.7 Å². The zero-order chi connectivity index (χ0) is 44.3. The Kier molecular flexibility index (Phi) is 12.8. The van der Waals surface area contributed by atoms with Crippen molar-refractivity contribution in [2.24, 2.45) is 11.5 Å². The third kappa shape index (κ3) is 8.78. The van der Waals surface area contributed by atoms with E-state index in [2.05, 4.69) is 16.0 Å². The molecule has 0 radical (unpaired) electrons. The number of nitrogens with zero attached hydrogens (tertiary/aromatic N) is 3. The number of aryl methyl sites for hydroxylation is 1. The summed E-state index contributed by atoms with van der Waals surface area (Å²) in [7, 11) is 0. The van der Waals surface area contributed by atoms with Crippen molar-refractivity contribution in [2.45, 2.75) is 89.1 Å². The molecule has 17 nitrogen and oxygen atoms in total. The Bertz CT molecular complexity index is 2530. The molecule has 2 aromatic heterocycles. The van der Waals surface area contributed by atoms with Crippen molar-refractivity contribution < 1.29 is 43.0 Å². The Morgan fingerprint density at radius 1 is 1.05 bits per heavy atom. The molecule has 5 amide bonds. The number of pyridine rings is 2. The fourth-order valence-electron chi connectivity index (χ4n) is 8.72. The van der Waals surface area contributed by atoms with Gasteiger partial charge >= 0.3 is 5.97 Å². The van der Waals surface area contributed by atoms with Gasteiger partial charge in [-0.1, -0.05) is 43.7 Å². The Morgan fingerprint density at radius 3 is 2.55 bits per heavy atom. The van der Waals surface area contributed by atoms with Crippen molar-refractivity contribution in [2.75, 3.05) is 26.2 Å². The number of carbonyl (C=O) groups is 6. The van der Waals surface area contributed by atoms with E-state index in [0.717, 1.165) is 16.7 Å². The first-order chi connectivity index (χ1) is 29.7. The molecule has 2 aromatic carbocycles. The van der Waals surface area contributed by atoms with Gasteiger partial charge in [0.2, 0.25) is 29.5 Å². The number of nitrogens with two attached hydrogens (primary N) is 2. The van der Waals surface area contributed by atoms with Gasteiger partial charge in [-0.15, -0.1) is 0 Å². The minimum atomic E-state index is -2.02. The van der Waals surface area contributed by atoms with Gasteiger partial charge in [-0.25, -0.2) is 14.2 Å². The molecular weight excluding hydrogens is 804 g/mol. The number of esters is 1. The first-order valence-corrected chi connectivity index (χ1v) is 20.7. The van der Waals surface area contributed by atoms with Crippen LogP contribution in [0.15, 0.2) is 53.3 Å². The summed E-state index contributed by atoms with van der Waals surface area (Å²) in [5.41, 5.74) is 12.8. The van der Waals surface area contributed by atoms with Crippen LogP contribution in [0.25, 0.3) is 22.3 Å². The lowest BCUT2D eigenvalue weighted by Gasteiger charge is -2.31. The van der Waals surface area contributed by atoms with Crippen LogP contribution in [0.3, 0.4) is 0 Å². The number of ether oxygens (including phenoxy) is 1. The molecule has 0 saturated carbocycles. The largest absolute Gasteiger partial charge is 0.458 e. The van der Waals surface area contributed by atoms with Crippen LogP contribution in [-0.4, -0.2) is 87.3 Å². The molecule has 4 heterocycles. The number of cyclic esters (lactones) is 1. The summed E-state index contributed by atoms with van der Waals surface area (Å²) in [6, 6.07) is 11.8. The predicted molar refractivity (Wildman–Crippen MR) is 222 cm³/mol. The van der Waals surface area contributed by atoms with E-state index in [9.17, 15) is 43.1 Å². The number of hydrogen-bond acceptors (Lipinski definition) is 11. The summed E-state index contributed by atoms with van der Waals surface area (Å²) in [6.45, 7) is 0.454. The van der Waals surface area contributed by atoms with Gasteiger partial charge in [0.15, 0.2) is 5.60 Å². The molecule has 0 fully saturated rings. The fraction of sp³-hybridized carbons (Fsp3) is 0.409. The summed E-state index contributed by atoms with van der Waals surface area (Å²) in [5, 5.41) is 20.2. The average Bonchev–Trinajstić information content (AvgIpc) is 3.62. The van der Waals surface area contributed by atoms with Crippen LogP contribution >= 0.6 is 0 Å². The van der Waals surface area contributed by atoms with E-state index in [1.807, 2.05) is 6.07 Å². The predicted octanol–water partition coefficient (Wildman–Crippen LogP) is 0.999. The van der Waals surface area contributed by atoms with E-state index in [1.54, 1.807) is 37.3 Å². The highest BCUT2D eigenvalue weighted by atomic mass is 19.1. The van der Waals surface area contributed by atoms with E-state index in [0.29, 0.717) is 60.0 Å². The van der Waals surface area contributed by atoms with Crippen molar-refractivity contribution in [3.8, 4) is 11.4 Å². The van der Waals surface area contributed by atoms with Crippen LogP contribution in [0.1, 0.15) is 84.9 Å². The number of nitrogens with one attached hydrogen (secondary N) is 3. The smallest absolute Gasteiger partial charge is 0.343 e. The van der Waals surface area contributed by atoms with Gasteiger partial charge in [0.1, 0.15) is 18.5 Å². The van der Waals surface area contributed by atoms with Crippen molar-refractivity contribution in [3.05, 3.63) is 98.1 Å². The van der Waals surface area contributed by atoms with Crippen LogP contribution < -0.4 is 33.0 Å². The number of primary amides is 1. The summed E-state index contributed by atoms with van der Waals surface area (Å²) in [4.78, 5) is 96.6. The maximum atomic E-state index is 14.9. The highest BCUT2D eigenvalue weighted by Crippen LogP contribution is 2.45. The van der Waals surface area contributed by atoms with E-state index in [-0.39, 0.29) is 62.5 Å². The summed E-state index contributed by atoms with van der Waals surface area (Å²) in [5.74, 6) is -4.01. The molecule has 2 aliphatic heterocycles. The molecule has 7 rings (SSSR count). The Hall–Kier alpha value is -6.53. The third-order valence-electron chi connectivity index (χ3n) is 11.8. The van der Waals surface area contributed by atoms with Gasteiger partial charge < -0.3 is 46.7 Å². The van der Waals surface area contributed by atoms with E-state index in [4.69, 9.17) is 21.2 Å². The molecule has 62 heavy (non-hydrogen) atoms. The maximum Gasteiger partial charge on any atom is 0.343 e. The summed E-state index contributed by atoms with van der Waals surface area (Å²) < 4.78 is 21.7. The molecule has 3 atom stereocenters. The summed E-state index contributed by atoms with van der Waals surface area (Å²) >= 11 is 0. The van der Waals surface area contributed by atoms with Crippen molar-refractivity contribution >= 4 is 46.4 Å². The highest BCUT2D eigenvalue weighted by Gasteiger charge is 2.46. The normalized spacial score (nSPS) is 17.5. The Balaban J connectivity index is 1.04. The van der Waals surface area contributed by atoms with Crippen LogP contribution in [0.4, 0.5) is 4.39 Å². The van der Waals surface area contributed by atoms with Gasteiger partial charge in [-0.3, -0.25) is 28.8 Å². The first kappa shape index (κ1) is 43.6. The minimum Gasteiger partial charge on any atom is -0.458 e. The number of halogens is 1. The van der Waals surface area contributed by atoms with Crippen LogP contribution in [-0.2, 0) is 65.1 Å². The second-order valence-electron chi connectivity index (χ2n) is 15.9. The molecular formula is C44H49FN8O9. The van der Waals surface area contributed by atoms with Crippen molar-refractivity contribution in [1.82, 2.24) is 30.4 Å². The second kappa shape index (κ2) is 18.2. The van der Waals surface area contributed by atoms with Gasteiger partial charge in [0, 0.05) is 42.0 Å². The first-order valence-electron chi connectivity index (χ1n) is 20.7. The zero-order valence-electron chi connectivity index (χ0n) is 34.3. The number of rotatable bonds is 17. The van der Waals surface area contributed by atoms with Gasteiger partial charge in [-0.05, 0) is 60.9 Å². The molecule has 8 N–H and O–H groups in total. The van der Waals surface area contributed by atoms with Crippen molar-refractivity contribution in [3.63, 3.8) is 0 Å². The molecule has 4 aromatic rings. The number of hydrogen-bond donors (Lipinski definition) is 6. The molecule has 18 heteroatoms. The third-order valence-corrected chi connectivity index (χ3v) is 11.8. The SMILES string of the molecule is CC[C@@]1(O)C(=O)OCc2c1cc1n(c2=O)Cc2c-1nc1cc(F)cc3c1c2[C@@H](NC(=O)CCCCCN(CC(N)=O)C(=O)[C@H](Cc1ccccc1)NC(=O)CNC(=O)CN)CC3. The van der Waals surface area contributed by atoms with Crippen LogP contribution in [0, 0.1) is 5.82 Å². The van der Waals surface area contributed by atoms with E-state index < -0.39 is 71.7 Å². The number of unbranched alkanes of at least 4 members (excludes halogenated alkanes) is 2. The topological polar surface area (TPSA) is 258 Å². The van der Waals surface area contributed by atoms with Crippen LogP contribution in [0.2, 0.25) is 0 Å². The van der Waals surface area contributed by atoms with Crippen LogP contribution in [0.5, 0.6) is 0 Å². The Morgan fingerprint density at radius 2 is 1.82 bits per heavy atom. The number of aliphatic hydroxyl groups is 1. The van der Waals surface area contributed by atoms with Gasteiger partial charge in [0.25, 0.3) is 5.56 Å². The maximum absolute atomic E-state index is 14.9.